The molecule has 1 amide bonds. The molecule has 0 fully saturated rings. The second kappa shape index (κ2) is 7.68. The van der Waals surface area contributed by atoms with Crippen LogP contribution in [0, 0.1) is 0 Å². The van der Waals surface area contributed by atoms with Gasteiger partial charge in [-0.3, -0.25) is 9.59 Å². The lowest BCUT2D eigenvalue weighted by Gasteiger charge is -2.10. The number of carbonyl (C=O) groups excluding carboxylic acids is 1. The second-order valence-electron chi connectivity index (χ2n) is 4.11. The molecule has 112 valence electrons. The van der Waals surface area contributed by atoms with Crippen LogP contribution in [-0.4, -0.2) is 41.2 Å². The van der Waals surface area contributed by atoms with Gasteiger partial charge < -0.3 is 20.3 Å². The number of aliphatic carboxylic acids is 2. The van der Waals surface area contributed by atoms with Crippen LogP contribution in [0.2, 0.25) is 0 Å². The van der Waals surface area contributed by atoms with Crippen LogP contribution in [0.5, 0.6) is 5.75 Å². The van der Waals surface area contributed by atoms with Crippen molar-refractivity contribution in [2.24, 2.45) is 0 Å². The van der Waals surface area contributed by atoms with Gasteiger partial charge in [0.2, 0.25) is 5.91 Å². The van der Waals surface area contributed by atoms with E-state index in [4.69, 9.17) is 14.9 Å². The Bertz CT molecular complexity index is 566. The number of nitrogens with one attached hydrogen (secondary N) is 1. The molecule has 0 aliphatic heterocycles. The molecule has 0 heterocycles. The van der Waals surface area contributed by atoms with Crippen molar-refractivity contribution in [1.29, 1.82) is 0 Å². The predicted molar refractivity (Wildman–Crippen MR) is 73.8 cm³/mol. The Hall–Kier alpha value is -2.83. The first-order valence-corrected chi connectivity index (χ1v) is 5.99. The molecule has 0 aliphatic carbocycles. The van der Waals surface area contributed by atoms with Gasteiger partial charge in [0.05, 0.1) is 13.5 Å². The molecule has 1 aromatic rings. The molecule has 0 saturated carbocycles. The minimum atomic E-state index is -1.47. The van der Waals surface area contributed by atoms with Crippen molar-refractivity contribution >= 4 is 23.9 Å². The molecular weight excluding hydrogens is 278 g/mol. The largest absolute Gasteiger partial charge is 0.497 e. The van der Waals surface area contributed by atoms with E-state index in [-0.39, 0.29) is 0 Å². The summed E-state index contributed by atoms with van der Waals surface area (Å²) in [5.41, 5.74) is 0.689. The third kappa shape index (κ3) is 5.77. The number of carboxylic acid groups (broad SMARTS) is 2. The molecule has 7 nitrogen and oxygen atoms in total. The Labute approximate surface area is 120 Å². The molecule has 1 aromatic carbocycles. The molecule has 7 heteroatoms. The van der Waals surface area contributed by atoms with Crippen molar-refractivity contribution in [2.75, 3.05) is 7.11 Å². The van der Waals surface area contributed by atoms with Gasteiger partial charge in [-0.15, -0.1) is 0 Å². The predicted octanol–water partition coefficient (Wildman–Crippen LogP) is 0.752. The minimum absolute atomic E-state index is 0.617. The van der Waals surface area contributed by atoms with Crippen LogP contribution in [0.4, 0.5) is 0 Å². The van der Waals surface area contributed by atoms with E-state index < -0.39 is 30.3 Å². The van der Waals surface area contributed by atoms with E-state index in [9.17, 15) is 14.4 Å². The van der Waals surface area contributed by atoms with Crippen LogP contribution in [0.15, 0.2) is 30.3 Å². The number of ether oxygens (including phenoxy) is 1. The normalized spacial score (nSPS) is 11.9. The summed E-state index contributed by atoms with van der Waals surface area (Å²) in [5, 5.41) is 19.5. The topological polar surface area (TPSA) is 113 Å². The number of methoxy groups -OCH3 is 1. The van der Waals surface area contributed by atoms with Crippen LogP contribution in [-0.2, 0) is 14.4 Å². The highest BCUT2D eigenvalue weighted by Crippen LogP contribution is 2.13. The van der Waals surface area contributed by atoms with E-state index in [1.165, 1.54) is 13.2 Å². The average Bonchev–Trinajstić information content (AvgIpc) is 2.44. The number of hydrogen-bond acceptors (Lipinski definition) is 4. The number of carboxylic acids is 2. The second-order valence-corrected chi connectivity index (χ2v) is 4.11. The Balaban J connectivity index is 2.68. The van der Waals surface area contributed by atoms with Crippen LogP contribution < -0.4 is 10.1 Å². The van der Waals surface area contributed by atoms with E-state index in [2.05, 4.69) is 5.32 Å². The summed E-state index contributed by atoms with van der Waals surface area (Å²) in [6.45, 7) is 0. The zero-order chi connectivity index (χ0) is 15.8. The lowest BCUT2D eigenvalue weighted by atomic mass is 10.2. The van der Waals surface area contributed by atoms with Gasteiger partial charge in [-0.25, -0.2) is 4.79 Å². The first-order chi connectivity index (χ1) is 9.92. The molecule has 1 rings (SSSR count). The van der Waals surface area contributed by atoms with Crippen molar-refractivity contribution in [1.82, 2.24) is 5.32 Å². The molecule has 0 unspecified atom stereocenters. The SMILES string of the molecule is COc1cccc(/C=C/C(=O)N[C@H](CC(=O)O)C(=O)O)c1. The summed E-state index contributed by atoms with van der Waals surface area (Å²) in [5.74, 6) is -2.78. The third-order valence-corrected chi connectivity index (χ3v) is 2.51. The fourth-order valence-corrected chi connectivity index (χ4v) is 1.51. The lowest BCUT2D eigenvalue weighted by molar-refractivity contribution is -0.146. The number of hydrogen-bond donors (Lipinski definition) is 3. The molecule has 21 heavy (non-hydrogen) atoms. The fourth-order valence-electron chi connectivity index (χ4n) is 1.51. The summed E-state index contributed by atoms with van der Waals surface area (Å²) >= 11 is 0. The molecule has 0 radical (unpaired) electrons. The van der Waals surface area contributed by atoms with E-state index in [1.807, 2.05) is 0 Å². The number of amides is 1. The summed E-state index contributed by atoms with van der Waals surface area (Å²) in [7, 11) is 1.51. The van der Waals surface area contributed by atoms with Gasteiger partial charge in [-0.2, -0.15) is 0 Å². The molecule has 0 bridgehead atoms. The van der Waals surface area contributed by atoms with Gasteiger partial charge in [0, 0.05) is 6.08 Å². The van der Waals surface area contributed by atoms with Crippen LogP contribution in [0.3, 0.4) is 0 Å². The Morgan fingerprint density at radius 2 is 2.05 bits per heavy atom. The molecule has 0 spiro atoms. The monoisotopic (exact) mass is 293 g/mol. The van der Waals surface area contributed by atoms with E-state index in [0.29, 0.717) is 11.3 Å². The van der Waals surface area contributed by atoms with Crippen molar-refractivity contribution in [3.63, 3.8) is 0 Å². The van der Waals surface area contributed by atoms with E-state index >= 15 is 0 Å². The number of benzene rings is 1. The zero-order valence-corrected chi connectivity index (χ0v) is 11.3. The Kier molecular flexibility index (Phi) is 5.94. The van der Waals surface area contributed by atoms with Crippen molar-refractivity contribution in [3.05, 3.63) is 35.9 Å². The summed E-state index contributed by atoms with van der Waals surface area (Å²) in [6.07, 6.45) is 1.91. The van der Waals surface area contributed by atoms with Gasteiger partial charge >= 0.3 is 11.9 Å². The smallest absolute Gasteiger partial charge is 0.326 e. The Morgan fingerprint density at radius 1 is 1.33 bits per heavy atom. The molecule has 3 N–H and O–H groups in total. The van der Waals surface area contributed by atoms with Gasteiger partial charge in [0.1, 0.15) is 11.8 Å². The summed E-state index contributed by atoms with van der Waals surface area (Å²) in [6, 6.07) is 5.43. The van der Waals surface area contributed by atoms with Gasteiger partial charge in [0.25, 0.3) is 0 Å². The van der Waals surface area contributed by atoms with Crippen molar-refractivity contribution in [2.45, 2.75) is 12.5 Å². The van der Waals surface area contributed by atoms with E-state index in [1.54, 1.807) is 24.3 Å². The van der Waals surface area contributed by atoms with E-state index in [0.717, 1.165) is 6.08 Å². The average molecular weight is 293 g/mol. The Morgan fingerprint density at radius 3 is 2.62 bits per heavy atom. The number of rotatable bonds is 7. The van der Waals surface area contributed by atoms with Gasteiger partial charge in [-0.1, -0.05) is 12.1 Å². The van der Waals surface area contributed by atoms with Crippen molar-refractivity contribution < 1.29 is 29.3 Å². The zero-order valence-electron chi connectivity index (χ0n) is 11.3. The lowest BCUT2D eigenvalue weighted by Crippen LogP contribution is -2.41. The van der Waals surface area contributed by atoms with Crippen LogP contribution in [0.1, 0.15) is 12.0 Å². The number of carbonyl (C=O) groups is 3. The highest BCUT2D eigenvalue weighted by molar-refractivity contribution is 5.95. The van der Waals surface area contributed by atoms with Gasteiger partial charge in [-0.05, 0) is 23.8 Å². The highest BCUT2D eigenvalue weighted by atomic mass is 16.5. The highest BCUT2D eigenvalue weighted by Gasteiger charge is 2.21. The summed E-state index contributed by atoms with van der Waals surface area (Å²) < 4.78 is 5.02. The summed E-state index contributed by atoms with van der Waals surface area (Å²) in [4.78, 5) is 32.9. The van der Waals surface area contributed by atoms with Crippen LogP contribution in [0.25, 0.3) is 6.08 Å². The molecular formula is C14H15NO6. The maximum Gasteiger partial charge on any atom is 0.326 e. The fraction of sp³-hybridized carbons (Fsp3) is 0.214. The van der Waals surface area contributed by atoms with Gasteiger partial charge in [0.15, 0.2) is 0 Å². The molecule has 0 aromatic heterocycles. The molecule has 0 saturated heterocycles. The molecule has 0 aliphatic rings. The molecule has 1 atom stereocenters. The van der Waals surface area contributed by atoms with Crippen molar-refractivity contribution in [3.8, 4) is 5.75 Å². The first kappa shape index (κ1) is 16.2. The quantitative estimate of drug-likeness (QED) is 0.639. The third-order valence-electron chi connectivity index (χ3n) is 2.51. The first-order valence-electron chi connectivity index (χ1n) is 5.99. The maximum absolute atomic E-state index is 11.6. The maximum atomic E-state index is 11.6. The minimum Gasteiger partial charge on any atom is -0.497 e. The standard InChI is InChI=1S/C14H15NO6/c1-21-10-4-2-3-9(7-10)5-6-12(16)15-11(14(19)20)8-13(17)18/h2-7,11H,8H2,1H3,(H,15,16)(H,17,18)(H,19,20)/b6-5+/t11-/m1/s1. The van der Waals surface area contributed by atoms with Crippen LogP contribution >= 0.6 is 0 Å².